The molecule has 0 unspecified atom stereocenters. The predicted octanol–water partition coefficient (Wildman–Crippen LogP) is 3.62. The van der Waals surface area contributed by atoms with Crippen LogP contribution in [0.15, 0.2) is 35.7 Å². The molecular weight excluding hydrogens is 240 g/mol. The van der Waals surface area contributed by atoms with Gasteiger partial charge in [-0.2, -0.15) is 0 Å². The summed E-state index contributed by atoms with van der Waals surface area (Å²) < 4.78 is 0. The second kappa shape index (κ2) is 5.21. The average molecular weight is 258 g/mol. The highest BCUT2D eigenvalue weighted by Gasteiger charge is 2.20. The van der Waals surface area contributed by atoms with Gasteiger partial charge in [0.2, 0.25) is 0 Å². The Labute approximate surface area is 112 Å². The van der Waals surface area contributed by atoms with Crippen molar-refractivity contribution in [2.75, 3.05) is 20.1 Å². The molecule has 1 aliphatic heterocycles. The highest BCUT2D eigenvalue weighted by atomic mass is 32.1. The van der Waals surface area contributed by atoms with E-state index >= 15 is 0 Å². The third kappa shape index (κ3) is 2.47. The number of benzene rings is 1. The molecule has 18 heavy (non-hydrogen) atoms. The van der Waals surface area contributed by atoms with Gasteiger partial charge in [-0.05, 0) is 33.0 Å². The van der Waals surface area contributed by atoms with Crippen LogP contribution in [0.1, 0.15) is 24.5 Å². The highest BCUT2D eigenvalue weighted by Crippen LogP contribution is 2.31. The van der Waals surface area contributed by atoms with Crippen molar-refractivity contribution in [3.05, 3.63) is 41.4 Å². The minimum Gasteiger partial charge on any atom is -0.306 e. The van der Waals surface area contributed by atoms with Gasteiger partial charge < -0.3 is 4.90 Å². The molecule has 0 spiro atoms. The first-order chi connectivity index (χ1) is 8.83. The van der Waals surface area contributed by atoms with E-state index in [1.54, 1.807) is 11.3 Å². The first-order valence-electron chi connectivity index (χ1n) is 6.52. The number of thiazole rings is 1. The largest absolute Gasteiger partial charge is 0.306 e. The molecule has 2 aromatic rings. The van der Waals surface area contributed by atoms with Crippen molar-refractivity contribution < 1.29 is 0 Å². The van der Waals surface area contributed by atoms with Crippen LogP contribution in [0.5, 0.6) is 0 Å². The first kappa shape index (κ1) is 11.9. The van der Waals surface area contributed by atoms with Gasteiger partial charge in [-0.15, -0.1) is 11.3 Å². The molecule has 2 nitrogen and oxygen atoms in total. The summed E-state index contributed by atoms with van der Waals surface area (Å²) >= 11 is 1.77. The fraction of sp³-hybridized carbons (Fsp3) is 0.400. The smallest absolute Gasteiger partial charge is 0.123 e. The Morgan fingerprint density at radius 1 is 1.17 bits per heavy atom. The van der Waals surface area contributed by atoms with E-state index in [1.807, 2.05) is 0 Å². The Kier molecular flexibility index (Phi) is 3.43. The third-order valence-electron chi connectivity index (χ3n) is 3.68. The Morgan fingerprint density at radius 3 is 2.61 bits per heavy atom. The molecule has 94 valence electrons. The van der Waals surface area contributed by atoms with Crippen LogP contribution >= 0.6 is 11.3 Å². The summed E-state index contributed by atoms with van der Waals surface area (Å²) in [6.07, 6.45) is 2.49. The van der Waals surface area contributed by atoms with Gasteiger partial charge in [-0.1, -0.05) is 30.3 Å². The molecule has 1 fully saturated rings. The molecular formula is C15H18N2S. The molecule has 0 N–H and O–H groups in total. The summed E-state index contributed by atoms with van der Waals surface area (Å²) in [5.41, 5.74) is 2.54. The van der Waals surface area contributed by atoms with Crippen molar-refractivity contribution in [1.82, 2.24) is 9.88 Å². The first-order valence-corrected chi connectivity index (χ1v) is 7.40. The molecule has 0 saturated carbocycles. The predicted molar refractivity (Wildman–Crippen MR) is 77.0 cm³/mol. The SMILES string of the molecule is CN1CCC(c2csc(-c3ccccc3)n2)CC1. The zero-order valence-electron chi connectivity index (χ0n) is 10.7. The lowest BCUT2D eigenvalue weighted by Crippen LogP contribution is -2.29. The topological polar surface area (TPSA) is 16.1 Å². The molecule has 0 atom stereocenters. The van der Waals surface area contributed by atoms with E-state index in [0.717, 1.165) is 5.01 Å². The van der Waals surface area contributed by atoms with Gasteiger partial charge in [0.05, 0.1) is 5.69 Å². The quantitative estimate of drug-likeness (QED) is 0.818. The normalized spacial score (nSPS) is 18.1. The molecule has 1 aromatic carbocycles. The molecule has 0 bridgehead atoms. The van der Waals surface area contributed by atoms with Crippen LogP contribution in [0.25, 0.3) is 10.6 Å². The summed E-state index contributed by atoms with van der Waals surface area (Å²) in [6, 6.07) is 10.5. The maximum absolute atomic E-state index is 4.83. The zero-order chi connectivity index (χ0) is 12.4. The summed E-state index contributed by atoms with van der Waals surface area (Å²) in [6.45, 7) is 2.39. The van der Waals surface area contributed by atoms with Crippen LogP contribution in [0, 0.1) is 0 Å². The second-order valence-electron chi connectivity index (χ2n) is 5.02. The van der Waals surface area contributed by atoms with Crippen LogP contribution < -0.4 is 0 Å². The van der Waals surface area contributed by atoms with Crippen molar-refractivity contribution >= 4 is 11.3 Å². The van der Waals surface area contributed by atoms with Gasteiger partial charge in [-0.3, -0.25) is 0 Å². The van der Waals surface area contributed by atoms with Gasteiger partial charge >= 0.3 is 0 Å². The molecule has 1 aliphatic rings. The number of nitrogens with zero attached hydrogens (tertiary/aromatic N) is 2. The van der Waals surface area contributed by atoms with Gasteiger partial charge in [0.25, 0.3) is 0 Å². The van der Waals surface area contributed by atoms with E-state index in [4.69, 9.17) is 4.98 Å². The summed E-state index contributed by atoms with van der Waals surface area (Å²) in [4.78, 5) is 7.23. The molecule has 1 aromatic heterocycles. The number of hydrogen-bond donors (Lipinski definition) is 0. The van der Waals surface area contributed by atoms with E-state index < -0.39 is 0 Å². The summed E-state index contributed by atoms with van der Waals surface area (Å²) in [5.74, 6) is 0.662. The van der Waals surface area contributed by atoms with Crippen molar-refractivity contribution in [3.8, 4) is 10.6 Å². The summed E-state index contributed by atoms with van der Waals surface area (Å²) in [5, 5.41) is 3.41. The highest BCUT2D eigenvalue weighted by molar-refractivity contribution is 7.13. The van der Waals surface area contributed by atoms with Crippen LogP contribution in [-0.4, -0.2) is 30.0 Å². The number of aromatic nitrogens is 1. The van der Waals surface area contributed by atoms with Gasteiger partial charge in [-0.25, -0.2) is 4.98 Å². The zero-order valence-corrected chi connectivity index (χ0v) is 11.5. The lowest BCUT2D eigenvalue weighted by molar-refractivity contribution is 0.254. The minimum absolute atomic E-state index is 0.662. The van der Waals surface area contributed by atoms with E-state index in [0.29, 0.717) is 5.92 Å². The fourth-order valence-electron chi connectivity index (χ4n) is 2.49. The van der Waals surface area contributed by atoms with Crippen LogP contribution in [0.2, 0.25) is 0 Å². The fourth-order valence-corrected chi connectivity index (χ4v) is 3.40. The van der Waals surface area contributed by atoms with Crippen molar-refractivity contribution in [2.24, 2.45) is 0 Å². The maximum Gasteiger partial charge on any atom is 0.123 e. The number of piperidine rings is 1. The lowest BCUT2D eigenvalue weighted by atomic mass is 9.94. The van der Waals surface area contributed by atoms with Crippen molar-refractivity contribution in [1.29, 1.82) is 0 Å². The Morgan fingerprint density at radius 2 is 1.89 bits per heavy atom. The molecule has 1 saturated heterocycles. The Bertz CT molecular complexity index is 498. The number of likely N-dealkylation sites (tertiary alicyclic amines) is 1. The van der Waals surface area contributed by atoms with Crippen LogP contribution in [-0.2, 0) is 0 Å². The Balaban J connectivity index is 1.78. The monoisotopic (exact) mass is 258 g/mol. The molecule has 0 radical (unpaired) electrons. The van der Waals surface area contributed by atoms with Crippen molar-refractivity contribution in [3.63, 3.8) is 0 Å². The second-order valence-corrected chi connectivity index (χ2v) is 5.88. The molecule has 2 heterocycles. The Hall–Kier alpha value is -1.19. The average Bonchev–Trinajstić information content (AvgIpc) is 2.90. The number of rotatable bonds is 2. The lowest BCUT2D eigenvalue weighted by Gasteiger charge is -2.27. The van der Waals surface area contributed by atoms with E-state index in [-0.39, 0.29) is 0 Å². The third-order valence-corrected chi connectivity index (χ3v) is 4.59. The molecule has 3 rings (SSSR count). The van der Waals surface area contributed by atoms with E-state index in [1.165, 1.54) is 37.2 Å². The standard InChI is InChI=1S/C15H18N2S/c1-17-9-7-12(8-10-17)14-11-18-15(16-14)13-5-3-2-4-6-13/h2-6,11-12H,7-10H2,1H3. The van der Waals surface area contributed by atoms with Gasteiger partial charge in [0.1, 0.15) is 5.01 Å². The van der Waals surface area contributed by atoms with Gasteiger partial charge in [0.15, 0.2) is 0 Å². The molecule has 0 amide bonds. The van der Waals surface area contributed by atoms with Crippen LogP contribution in [0.3, 0.4) is 0 Å². The maximum atomic E-state index is 4.83. The molecule has 3 heteroatoms. The van der Waals surface area contributed by atoms with Crippen molar-refractivity contribution in [2.45, 2.75) is 18.8 Å². The van der Waals surface area contributed by atoms with E-state index in [2.05, 4.69) is 47.7 Å². The summed E-state index contributed by atoms with van der Waals surface area (Å²) in [7, 11) is 2.20. The minimum atomic E-state index is 0.662. The van der Waals surface area contributed by atoms with E-state index in [9.17, 15) is 0 Å². The van der Waals surface area contributed by atoms with Gasteiger partial charge in [0, 0.05) is 16.9 Å². The number of hydrogen-bond acceptors (Lipinski definition) is 3. The molecule has 0 aliphatic carbocycles. The van der Waals surface area contributed by atoms with Crippen LogP contribution in [0.4, 0.5) is 0 Å².